The van der Waals surface area contributed by atoms with E-state index in [-0.39, 0.29) is 30.4 Å². The average molecular weight is 353 g/mol. The zero-order valence-corrected chi connectivity index (χ0v) is 13.6. The summed E-state index contributed by atoms with van der Waals surface area (Å²) < 4.78 is 10.4. The standard InChI is InChI=1S/C17H15N5O4/c18-15(23)12-5-1-2-6-13(12)25-10-14-21-17(26-22-14)16(24)20-9-11-4-3-7-19-8-11/h1-8H,9-10H2,(H2,18,23)(H,20,24). The minimum absolute atomic E-state index is 0.0797. The van der Waals surface area contributed by atoms with Crippen LogP contribution in [0.3, 0.4) is 0 Å². The number of hydrogen-bond donors (Lipinski definition) is 2. The summed E-state index contributed by atoms with van der Waals surface area (Å²) in [5.41, 5.74) is 6.36. The van der Waals surface area contributed by atoms with E-state index in [4.69, 9.17) is 15.0 Å². The Balaban J connectivity index is 1.58. The third kappa shape index (κ3) is 4.20. The summed E-state index contributed by atoms with van der Waals surface area (Å²) in [5.74, 6) is -0.840. The molecular weight excluding hydrogens is 338 g/mol. The lowest BCUT2D eigenvalue weighted by Crippen LogP contribution is -2.23. The van der Waals surface area contributed by atoms with Gasteiger partial charge in [-0.05, 0) is 23.8 Å². The monoisotopic (exact) mass is 353 g/mol. The Bertz CT molecular complexity index is 910. The van der Waals surface area contributed by atoms with E-state index < -0.39 is 11.8 Å². The third-order valence-electron chi connectivity index (χ3n) is 3.35. The van der Waals surface area contributed by atoms with Crippen LogP contribution >= 0.6 is 0 Å². The van der Waals surface area contributed by atoms with Crippen LogP contribution in [-0.2, 0) is 13.2 Å². The number of pyridine rings is 1. The van der Waals surface area contributed by atoms with Crippen molar-refractivity contribution in [2.45, 2.75) is 13.2 Å². The van der Waals surface area contributed by atoms with Crippen molar-refractivity contribution in [3.8, 4) is 5.75 Å². The van der Waals surface area contributed by atoms with Gasteiger partial charge in [0.25, 0.3) is 5.91 Å². The van der Waals surface area contributed by atoms with Gasteiger partial charge in [0.2, 0.25) is 5.82 Å². The quantitative estimate of drug-likeness (QED) is 0.649. The molecule has 0 bridgehead atoms. The summed E-state index contributed by atoms with van der Waals surface area (Å²) in [6, 6.07) is 10.1. The predicted molar refractivity (Wildman–Crippen MR) is 89.0 cm³/mol. The summed E-state index contributed by atoms with van der Waals surface area (Å²) in [7, 11) is 0. The molecule has 3 N–H and O–H groups in total. The number of hydrogen-bond acceptors (Lipinski definition) is 7. The van der Waals surface area contributed by atoms with E-state index in [1.165, 1.54) is 0 Å². The number of benzene rings is 1. The summed E-state index contributed by atoms with van der Waals surface area (Å²) in [6.45, 7) is 0.205. The Kier molecular flexibility index (Phi) is 5.18. The van der Waals surface area contributed by atoms with E-state index in [1.54, 1.807) is 42.7 Å². The number of nitrogens with two attached hydrogens (primary N) is 1. The van der Waals surface area contributed by atoms with E-state index >= 15 is 0 Å². The van der Waals surface area contributed by atoms with Crippen LogP contribution in [0.1, 0.15) is 32.4 Å². The lowest BCUT2D eigenvalue weighted by atomic mass is 10.2. The fourth-order valence-corrected chi connectivity index (χ4v) is 2.10. The van der Waals surface area contributed by atoms with Gasteiger partial charge in [0, 0.05) is 18.9 Å². The molecule has 0 aliphatic rings. The molecule has 1 aromatic carbocycles. The summed E-state index contributed by atoms with van der Waals surface area (Å²) in [5, 5.41) is 6.33. The number of primary amides is 1. The van der Waals surface area contributed by atoms with Gasteiger partial charge < -0.3 is 20.3 Å². The summed E-state index contributed by atoms with van der Waals surface area (Å²) in [4.78, 5) is 31.3. The molecule has 0 unspecified atom stereocenters. The van der Waals surface area contributed by atoms with E-state index in [1.807, 2.05) is 6.07 Å². The summed E-state index contributed by atoms with van der Waals surface area (Å²) in [6.07, 6.45) is 3.29. The van der Waals surface area contributed by atoms with Crippen molar-refractivity contribution < 1.29 is 18.8 Å². The summed E-state index contributed by atoms with van der Waals surface area (Å²) >= 11 is 0. The van der Waals surface area contributed by atoms with Crippen molar-refractivity contribution in [1.82, 2.24) is 20.4 Å². The second-order valence-corrected chi connectivity index (χ2v) is 5.21. The van der Waals surface area contributed by atoms with E-state index in [0.717, 1.165) is 5.56 Å². The van der Waals surface area contributed by atoms with Crippen LogP contribution in [0.25, 0.3) is 0 Å². The van der Waals surface area contributed by atoms with Gasteiger partial charge in [-0.2, -0.15) is 4.98 Å². The lowest BCUT2D eigenvalue weighted by Gasteiger charge is -2.06. The highest BCUT2D eigenvalue weighted by molar-refractivity contribution is 5.95. The maximum Gasteiger partial charge on any atom is 0.316 e. The Labute approximate surface area is 148 Å². The van der Waals surface area contributed by atoms with Crippen LogP contribution in [0.2, 0.25) is 0 Å². The molecule has 0 spiro atoms. The second-order valence-electron chi connectivity index (χ2n) is 5.21. The first-order valence-electron chi connectivity index (χ1n) is 7.65. The number of aromatic nitrogens is 3. The number of amides is 2. The SMILES string of the molecule is NC(=O)c1ccccc1OCc1noc(C(=O)NCc2cccnc2)n1. The second kappa shape index (κ2) is 7.88. The van der Waals surface area contributed by atoms with E-state index in [9.17, 15) is 9.59 Å². The number of nitrogens with zero attached hydrogens (tertiary/aromatic N) is 3. The molecule has 0 atom stereocenters. The van der Waals surface area contributed by atoms with E-state index in [0.29, 0.717) is 5.75 Å². The Morgan fingerprint density at radius 3 is 2.81 bits per heavy atom. The molecule has 9 heteroatoms. The molecule has 2 amide bonds. The Hall–Kier alpha value is -3.75. The topological polar surface area (TPSA) is 133 Å². The number of ether oxygens (including phenoxy) is 1. The third-order valence-corrected chi connectivity index (χ3v) is 3.35. The van der Waals surface area contributed by atoms with Gasteiger partial charge in [-0.3, -0.25) is 14.6 Å². The molecule has 2 heterocycles. The molecular formula is C17H15N5O4. The number of carbonyl (C=O) groups is 2. The maximum absolute atomic E-state index is 12.0. The fraction of sp³-hybridized carbons (Fsp3) is 0.118. The van der Waals surface area contributed by atoms with Gasteiger partial charge in [0.15, 0.2) is 6.61 Å². The number of para-hydroxylation sites is 1. The molecule has 3 rings (SSSR count). The highest BCUT2D eigenvalue weighted by Gasteiger charge is 2.16. The van der Waals surface area contributed by atoms with Crippen LogP contribution in [0.5, 0.6) is 5.75 Å². The van der Waals surface area contributed by atoms with Gasteiger partial charge in [0.05, 0.1) is 5.56 Å². The van der Waals surface area contributed by atoms with Gasteiger partial charge in [-0.25, -0.2) is 0 Å². The van der Waals surface area contributed by atoms with Crippen molar-refractivity contribution >= 4 is 11.8 Å². The first-order chi connectivity index (χ1) is 12.6. The molecule has 0 saturated carbocycles. The number of rotatable bonds is 7. The average Bonchev–Trinajstić information content (AvgIpc) is 3.14. The van der Waals surface area contributed by atoms with Crippen molar-refractivity contribution in [2.75, 3.05) is 0 Å². The highest BCUT2D eigenvalue weighted by Crippen LogP contribution is 2.18. The molecule has 0 saturated heterocycles. The number of carbonyl (C=O) groups excluding carboxylic acids is 2. The van der Waals surface area contributed by atoms with Crippen LogP contribution in [-0.4, -0.2) is 26.9 Å². The zero-order valence-electron chi connectivity index (χ0n) is 13.6. The molecule has 0 aliphatic heterocycles. The molecule has 0 aliphatic carbocycles. The normalized spacial score (nSPS) is 10.3. The lowest BCUT2D eigenvalue weighted by molar-refractivity contribution is 0.0906. The van der Waals surface area contributed by atoms with Gasteiger partial charge in [-0.1, -0.05) is 23.4 Å². The van der Waals surface area contributed by atoms with Gasteiger partial charge in [0.1, 0.15) is 5.75 Å². The first-order valence-corrected chi connectivity index (χ1v) is 7.65. The molecule has 132 valence electrons. The van der Waals surface area contributed by atoms with Gasteiger partial charge in [-0.15, -0.1) is 0 Å². The number of nitrogens with one attached hydrogen (secondary N) is 1. The first kappa shape index (κ1) is 17.1. The maximum atomic E-state index is 12.0. The van der Waals surface area contributed by atoms with E-state index in [2.05, 4.69) is 20.4 Å². The van der Waals surface area contributed by atoms with Crippen LogP contribution in [0.4, 0.5) is 0 Å². The minimum atomic E-state index is -0.607. The smallest absolute Gasteiger partial charge is 0.316 e. The molecule has 26 heavy (non-hydrogen) atoms. The Morgan fingerprint density at radius 1 is 1.19 bits per heavy atom. The van der Waals surface area contributed by atoms with Crippen molar-refractivity contribution in [2.24, 2.45) is 5.73 Å². The van der Waals surface area contributed by atoms with Crippen LogP contribution in [0.15, 0.2) is 53.3 Å². The largest absolute Gasteiger partial charge is 0.485 e. The predicted octanol–water partition coefficient (Wildman–Crippen LogP) is 1.07. The van der Waals surface area contributed by atoms with Crippen LogP contribution < -0.4 is 15.8 Å². The molecule has 0 radical (unpaired) electrons. The van der Waals surface area contributed by atoms with Crippen LogP contribution in [0, 0.1) is 0 Å². The molecule has 0 fully saturated rings. The molecule has 2 aromatic heterocycles. The van der Waals surface area contributed by atoms with Crippen molar-refractivity contribution in [1.29, 1.82) is 0 Å². The molecule has 3 aromatic rings. The van der Waals surface area contributed by atoms with Gasteiger partial charge >= 0.3 is 11.8 Å². The van der Waals surface area contributed by atoms with Crippen molar-refractivity contribution in [3.05, 3.63) is 71.6 Å². The fourth-order valence-electron chi connectivity index (χ4n) is 2.10. The highest BCUT2D eigenvalue weighted by atomic mass is 16.5. The van der Waals surface area contributed by atoms with Crippen molar-refractivity contribution in [3.63, 3.8) is 0 Å². The minimum Gasteiger partial charge on any atom is -0.485 e. The molecule has 9 nitrogen and oxygen atoms in total. The zero-order chi connectivity index (χ0) is 18.4. The Morgan fingerprint density at radius 2 is 2.04 bits per heavy atom.